The van der Waals surface area contributed by atoms with Crippen molar-refractivity contribution >= 4 is 23.5 Å². The predicted molar refractivity (Wildman–Crippen MR) is 37.8 cm³/mol. The summed E-state index contributed by atoms with van der Waals surface area (Å²) in [5, 5.41) is 6.19. The second kappa shape index (κ2) is 3.22. The van der Waals surface area contributed by atoms with Gasteiger partial charge in [-0.3, -0.25) is 0 Å². The third kappa shape index (κ3) is 2.09. The molecule has 0 fully saturated rings. The number of rotatable bonds is 0. The molecule has 37 valence electrons. The second-order valence-corrected chi connectivity index (χ2v) is 2.88. The Kier molecular flexibility index (Phi) is 2.44. The molecule has 0 bridgehead atoms. The summed E-state index contributed by atoms with van der Waals surface area (Å²) in [5.74, 6) is 0. The van der Waals surface area contributed by atoms with Crippen molar-refractivity contribution in [3.63, 3.8) is 0 Å². The van der Waals surface area contributed by atoms with Crippen molar-refractivity contribution in [2.75, 3.05) is 0 Å². The van der Waals surface area contributed by atoms with Crippen LogP contribution in [0.4, 0.5) is 0 Å². The van der Waals surface area contributed by atoms with Crippen LogP contribution in [-0.4, -0.2) is 0 Å². The van der Waals surface area contributed by atoms with Crippen molar-refractivity contribution in [1.29, 1.82) is 0 Å². The molecule has 7 heavy (non-hydrogen) atoms. The van der Waals surface area contributed by atoms with Crippen LogP contribution in [0.1, 0.15) is 0 Å². The van der Waals surface area contributed by atoms with Gasteiger partial charge < -0.3 is 0 Å². The maximum atomic E-state index is 2.08. The van der Waals surface area contributed by atoms with Crippen molar-refractivity contribution in [2.24, 2.45) is 0 Å². The Bertz CT molecular complexity index is 82.3. The van der Waals surface area contributed by atoms with Gasteiger partial charge >= 0.3 is 0 Å². The smallest absolute Gasteiger partial charge is 0.0801 e. The molecule has 0 saturated heterocycles. The molecular weight excluding hydrogens is 124 g/mol. The summed E-state index contributed by atoms with van der Waals surface area (Å²) in [7, 11) is 0. The number of thioether (sulfide) groups is 2. The first kappa shape index (κ1) is 5.32. The second-order valence-electron chi connectivity index (χ2n) is 1.03. The lowest BCUT2D eigenvalue weighted by Crippen LogP contribution is -1.41. The Labute approximate surface area is 52.1 Å². The molecule has 2 heteroatoms. The summed E-state index contributed by atoms with van der Waals surface area (Å²) < 4.78 is 0. The first-order valence-electron chi connectivity index (χ1n) is 1.94. The highest BCUT2D eigenvalue weighted by molar-refractivity contribution is 8.21. The molecule has 1 radical (unpaired) electrons. The van der Waals surface area contributed by atoms with Gasteiger partial charge in [0, 0.05) is 0 Å². The highest BCUT2D eigenvalue weighted by atomic mass is 32.2. The van der Waals surface area contributed by atoms with Crippen LogP contribution in [0.15, 0.2) is 23.0 Å². The zero-order chi connectivity index (χ0) is 4.95. The van der Waals surface area contributed by atoms with Crippen LogP contribution in [0, 0.1) is 5.08 Å². The standard InChI is InChI=1S/C5H5S2/c1-2-4-7-5-6-3-1/h1-5H. The molecule has 1 aliphatic heterocycles. The Morgan fingerprint density at radius 3 is 2.00 bits per heavy atom. The normalized spacial score (nSPS) is 19.4. The van der Waals surface area contributed by atoms with Crippen LogP contribution in [0.5, 0.6) is 0 Å². The molecule has 0 aromatic heterocycles. The summed E-state index contributed by atoms with van der Waals surface area (Å²) in [6.07, 6.45) is 4.06. The van der Waals surface area contributed by atoms with Gasteiger partial charge in [0.05, 0.1) is 5.08 Å². The van der Waals surface area contributed by atoms with Crippen molar-refractivity contribution in [3.8, 4) is 0 Å². The van der Waals surface area contributed by atoms with Crippen molar-refractivity contribution < 1.29 is 0 Å². The molecule has 1 heterocycles. The molecule has 0 aromatic rings. The maximum Gasteiger partial charge on any atom is 0.0801 e. The van der Waals surface area contributed by atoms with E-state index in [2.05, 4.69) is 15.9 Å². The Balaban J connectivity index is 2.39. The van der Waals surface area contributed by atoms with Crippen LogP contribution in [-0.2, 0) is 0 Å². The topological polar surface area (TPSA) is 0 Å². The average molecular weight is 129 g/mol. The van der Waals surface area contributed by atoms with E-state index < -0.39 is 0 Å². The molecule has 1 rings (SSSR count). The molecule has 0 spiro atoms. The zero-order valence-corrected chi connectivity index (χ0v) is 5.34. The lowest BCUT2D eigenvalue weighted by molar-refractivity contribution is 2.11. The molecule has 0 nitrogen and oxygen atoms in total. The Morgan fingerprint density at radius 1 is 0.857 bits per heavy atom. The zero-order valence-electron chi connectivity index (χ0n) is 3.70. The number of hydrogen-bond acceptors (Lipinski definition) is 2. The number of allylic oxidation sites excluding steroid dienone is 2. The van der Waals surface area contributed by atoms with E-state index in [1.807, 2.05) is 12.2 Å². The third-order valence-electron chi connectivity index (χ3n) is 0.536. The van der Waals surface area contributed by atoms with Crippen molar-refractivity contribution in [1.82, 2.24) is 0 Å². The predicted octanol–water partition coefficient (Wildman–Crippen LogP) is 2.61. The molecule has 0 unspecified atom stereocenters. The van der Waals surface area contributed by atoms with Gasteiger partial charge in [-0.2, -0.15) is 0 Å². The highest BCUT2D eigenvalue weighted by Gasteiger charge is 1.82. The molecule has 0 atom stereocenters. The summed E-state index contributed by atoms with van der Waals surface area (Å²) in [6.45, 7) is 0. The van der Waals surface area contributed by atoms with Gasteiger partial charge in [-0.1, -0.05) is 12.2 Å². The summed E-state index contributed by atoms with van der Waals surface area (Å²) >= 11 is 3.42. The van der Waals surface area contributed by atoms with E-state index in [9.17, 15) is 0 Å². The van der Waals surface area contributed by atoms with Gasteiger partial charge in [-0.05, 0) is 10.8 Å². The fraction of sp³-hybridized carbons (Fsp3) is 0. The van der Waals surface area contributed by atoms with E-state index >= 15 is 0 Å². The van der Waals surface area contributed by atoms with E-state index in [4.69, 9.17) is 0 Å². The first-order valence-corrected chi connectivity index (χ1v) is 3.83. The minimum absolute atomic E-state index is 1.71. The largest absolute Gasteiger partial charge is 0.117 e. The van der Waals surface area contributed by atoms with E-state index in [0.717, 1.165) is 0 Å². The van der Waals surface area contributed by atoms with Crippen LogP contribution >= 0.6 is 23.5 Å². The molecular formula is C5H5S2. The van der Waals surface area contributed by atoms with Gasteiger partial charge in [0.25, 0.3) is 0 Å². The van der Waals surface area contributed by atoms with Gasteiger partial charge in [0.1, 0.15) is 0 Å². The van der Waals surface area contributed by atoms with Crippen LogP contribution in [0.2, 0.25) is 0 Å². The SMILES string of the molecule is [CH]1SC=CC=CS1. The van der Waals surface area contributed by atoms with E-state index in [0.29, 0.717) is 0 Å². The van der Waals surface area contributed by atoms with E-state index in [-0.39, 0.29) is 0 Å². The Hall–Kier alpha value is 0.180. The lowest BCUT2D eigenvalue weighted by atomic mass is 10.6. The molecule has 0 aliphatic carbocycles. The van der Waals surface area contributed by atoms with Crippen LogP contribution in [0.3, 0.4) is 0 Å². The van der Waals surface area contributed by atoms with Crippen LogP contribution in [0.25, 0.3) is 0 Å². The minimum Gasteiger partial charge on any atom is -0.117 e. The highest BCUT2D eigenvalue weighted by Crippen LogP contribution is 2.22. The van der Waals surface area contributed by atoms with Crippen molar-refractivity contribution in [2.45, 2.75) is 0 Å². The van der Waals surface area contributed by atoms with Crippen molar-refractivity contribution in [3.05, 3.63) is 28.1 Å². The fourth-order valence-corrected chi connectivity index (χ4v) is 1.41. The van der Waals surface area contributed by atoms with Gasteiger partial charge in [-0.15, -0.1) is 23.5 Å². The first-order chi connectivity index (χ1) is 3.50. The van der Waals surface area contributed by atoms with E-state index in [1.165, 1.54) is 0 Å². The lowest BCUT2D eigenvalue weighted by Gasteiger charge is -1.80. The van der Waals surface area contributed by atoms with Gasteiger partial charge in [-0.25, -0.2) is 0 Å². The molecule has 0 aromatic carbocycles. The fourth-order valence-electron chi connectivity index (χ4n) is 0.278. The number of hydrogen-bond donors (Lipinski definition) is 0. The van der Waals surface area contributed by atoms with Crippen LogP contribution < -0.4 is 0 Å². The molecule has 0 amide bonds. The monoisotopic (exact) mass is 129 g/mol. The molecule has 1 aliphatic rings. The summed E-state index contributed by atoms with van der Waals surface area (Å²) in [4.78, 5) is 0. The van der Waals surface area contributed by atoms with E-state index in [1.54, 1.807) is 23.5 Å². The summed E-state index contributed by atoms with van der Waals surface area (Å²) in [6, 6.07) is 0. The van der Waals surface area contributed by atoms with Gasteiger partial charge in [0.15, 0.2) is 0 Å². The molecule has 0 N–H and O–H groups in total. The van der Waals surface area contributed by atoms with Gasteiger partial charge in [0.2, 0.25) is 0 Å². The maximum absolute atomic E-state index is 2.08. The Morgan fingerprint density at radius 2 is 1.43 bits per heavy atom. The minimum atomic E-state index is 1.71. The quantitative estimate of drug-likeness (QED) is 0.493. The summed E-state index contributed by atoms with van der Waals surface area (Å²) in [5.41, 5.74) is 0. The average Bonchev–Trinajstić information content (AvgIpc) is 1.90. The molecule has 0 saturated carbocycles. The third-order valence-corrected chi connectivity index (χ3v) is 2.05.